The van der Waals surface area contributed by atoms with Gasteiger partial charge in [0.1, 0.15) is 17.2 Å². The van der Waals surface area contributed by atoms with Gasteiger partial charge < -0.3 is 15.0 Å². The maximum atomic E-state index is 14.4. The van der Waals surface area contributed by atoms with E-state index in [1.54, 1.807) is 4.52 Å². The zero-order chi connectivity index (χ0) is 23.3. The average Bonchev–Trinajstić information content (AvgIpc) is 3.49. The highest BCUT2D eigenvalue weighted by molar-refractivity contribution is 5.89. The Balaban J connectivity index is 1.52. The van der Waals surface area contributed by atoms with Crippen molar-refractivity contribution in [1.29, 1.82) is 0 Å². The molecule has 1 aliphatic heterocycles. The number of fused-ring (bicyclic) bond motifs is 2. The van der Waals surface area contributed by atoms with Gasteiger partial charge in [0.25, 0.3) is 0 Å². The van der Waals surface area contributed by atoms with Gasteiger partial charge in [-0.1, -0.05) is 11.3 Å². The molecule has 0 spiro atoms. The highest BCUT2D eigenvalue weighted by Gasteiger charge is 2.35. The molecule has 1 aliphatic rings. The number of hydrogen-bond donors (Lipinski definition) is 1. The number of methoxy groups -OCH3 is 1. The summed E-state index contributed by atoms with van der Waals surface area (Å²) in [4.78, 5) is 17.5. The number of nitrogens with one attached hydrogen (secondary N) is 1. The number of carbonyl (C=O) groups is 1. The molecule has 0 unspecified atom stereocenters. The number of rotatable bonds is 5. The maximum absolute atomic E-state index is 14.4. The number of ether oxygens (including phenoxy) is 1. The molecule has 0 saturated carbocycles. The van der Waals surface area contributed by atoms with Crippen LogP contribution < -0.4 is 10.1 Å². The summed E-state index contributed by atoms with van der Waals surface area (Å²) in [7, 11) is 1.54. The number of alkyl halides is 1. The van der Waals surface area contributed by atoms with E-state index in [0.717, 1.165) is 22.2 Å². The summed E-state index contributed by atoms with van der Waals surface area (Å²) < 4.78 is 23.6. The zero-order valence-corrected chi connectivity index (χ0v) is 18.9. The molecule has 0 radical (unpaired) electrons. The van der Waals surface area contributed by atoms with Gasteiger partial charge in [0.05, 0.1) is 25.2 Å². The fraction of sp³-hybridized carbons (Fsp3) is 0.409. The van der Waals surface area contributed by atoms with Crippen LogP contribution in [0.3, 0.4) is 0 Å². The Morgan fingerprint density at radius 3 is 2.79 bits per heavy atom. The second kappa shape index (κ2) is 7.98. The second-order valence-electron chi connectivity index (χ2n) is 8.49. The van der Waals surface area contributed by atoms with Crippen molar-refractivity contribution in [2.45, 2.75) is 39.0 Å². The zero-order valence-electron chi connectivity index (χ0n) is 18.9. The lowest BCUT2D eigenvalue weighted by Crippen LogP contribution is -2.32. The highest BCUT2D eigenvalue weighted by Crippen LogP contribution is 2.33. The summed E-state index contributed by atoms with van der Waals surface area (Å²) in [5.74, 6) is 0.439. The first-order chi connectivity index (χ1) is 15.9. The van der Waals surface area contributed by atoms with Gasteiger partial charge in [-0.05, 0) is 37.6 Å². The van der Waals surface area contributed by atoms with Crippen LogP contribution in [0, 0.1) is 0 Å². The lowest BCUT2D eigenvalue weighted by Gasteiger charge is -2.16. The molecular formula is C22H25FN8O2. The Labute approximate surface area is 189 Å². The van der Waals surface area contributed by atoms with Crippen molar-refractivity contribution in [3.63, 3.8) is 0 Å². The highest BCUT2D eigenvalue weighted by atomic mass is 19.1. The first-order valence-electron chi connectivity index (χ1n) is 10.8. The number of likely N-dealkylation sites (tertiary alicyclic amines) is 1. The molecule has 1 amide bonds. The third kappa shape index (κ3) is 3.62. The molecule has 4 heterocycles. The van der Waals surface area contributed by atoms with Gasteiger partial charge in [-0.3, -0.25) is 4.79 Å². The fourth-order valence-electron chi connectivity index (χ4n) is 4.24. The van der Waals surface area contributed by atoms with E-state index in [9.17, 15) is 9.18 Å². The van der Waals surface area contributed by atoms with Crippen LogP contribution in [0.25, 0.3) is 27.7 Å². The predicted octanol–water partition coefficient (Wildman–Crippen LogP) is 2.71. The number of carbonyl (C=O) groups excluding carboxylic acids is 1. The van der Waals surface area contributed by atoms with Crippen molar-refractivity contribution >= 4 is 28.4 Å². The molecule has 1 fully saturated rings. The summed E-state index contributed by atoms with van der Waals surface area (Å²) in [6.07, 6.45) is 0.608. The molecule has 2 atom stereocenters. The van der Waals surface area contributed by atoms with Gasteiger partial charge in [-0.15, -0.1) is 10.2 Å². The van der Waals surface area contributed by atoms with E-state index in [1.807, 2.05) is 35.1 Å². The van der Waals surface area contributed by atoms with Crippen LogP contribution >= 0.6 is 0 Å². The molecule has 33 heavy (non-hydrogen) atoms. The van der Waals surface area contributed by atoms with Crippen molar-refractivity contribution in [3.05, 3.63) is 30.5 Å². The van der Waals surface area contributed by atoms with E-state index < -0.39 is 12.2 Å². The van der Waals surface area contributed by atoms with Crippen LogP contribution in [-0.4, -0.2) is 72.8 Å². The number of amides is 1. The third-order valence-corrected chi connectivity index (χ3v) is 5.95. The fourth-order valence-corrected chi connectivity index (χ4v) is 4.24. The van der Waals surface area contributed by atoms with Gasteiger partial charge >= 0.3 is 0 Å². The molecule has 4 aromatic rings. The van der Waals surface area contributed by atoms with Crippen molar-refractivity contribution in [2.75, 3.05) is 25.5 Å². The average molecular weight is 452 g/mol. The standard InChI is InChI=1S/C22H25FN8O2/c1-12(2)31-19-9-14(5-6-17(19)26-28-31)15-7-8-30-20(15)21(33-4)25-22(27-30)24-18-11-29(13(3)32)10-16(18)23/h5-9,12,16,18H,10-11H2,1-4H3,(H,24,27)/t16-,18+/m0/s1. The minimum absolute atomic E-state index is 0.0599. The second-order valence-corrected chi connectivity index (χ2v) is 8.49. The molecule has 1 saturated heterocycles. The molecule has 1 aromatic carbocycles. The first kappa shape index (κ1) is 21.1. The normalized spacial score (nSPS) is 18.5. The summed E-state index contributed by atoms with van der Waals surface area (Å²) in [6, 6.07) is 7.48. The van der Waals surface area contributed by atoms with Gasteiger partial charge in [0.15, 0.2) is 0 Å². The Morgan fingerprint density at radius 1 is 1.27 bits per heavy atom. The number of aromatic nitrogens is 6. The van der Waals surface area contributed by atoms with E-state index in [0.29, 0.717) is 11.4 Å². The molecule has 5 rings (SSSR count). The number of nitrogens with zero attached hydrogens (tertiary/aromatic N) is 7. The van der Waals surface area contributed by atoms with E-state index in [2.05, 4.69) is 39.6 Å². The predicted molar refractivity (Wildman–Crippen MR) is 121 cm³/mol. The molecule has 0 aliphatic carbocycles. The molecule has 3 aromatic heterocycles. The summed E-state index contributed by atoms with van der Waals surface area (Å²) in [5.41, 5.74) is 4.30. The number of benzene rings is 1. The molecule has 11 heteroatoms. The minimum Gasteiger partial charge on any atom is -0.479 e. The van der Waals surface area contributed by atoms with Crippen LogP contribution in [0.5, 0.6) is 5.88 Å². The Kier molecular flexibility index (Phi) is 5.10. The topological polar surface area (TPSA) is 102 Å². The van der Waals surface area contributed by atoms with Crippen molar-refractivity contribution in [2.24, 2.45) is 0 Å². The van der Waals surface area contributed by atoms with Crippen LogP contribution in [0.2, 0.25) is 0 Å². The molecular weight excluding hydrogens is 427 g/mol. The van der Waals surface area contributed by atoms with Crippen LogP contribution in [0.1, 0.15) is 26.8 Å². The van der Waals surface area contributed by atoms with Crippen molar-refractivity contribution in [1.82, 2.24) is 34.5 Å². The largest absolute Gasteiger partial charge is 0.479 e. The van der Waals surface area contributed by atoms with Crippen molar-refractivity contribution < 1.29 is 13.9 Å². The molecule has 0 bridgehead atoms. The minimum atomic E-state index is -1.20. The lowest BCUT2D eigenvalue weighted by atomic mass is 10.1. The molecule has 10 nitrogen and oxygen atoms in total. The van der Waals surface area contributed by atoms with Crippen LogP contribution in [0.15, 0.2) is 30.5 Å². The van der Waals surface area contributed by atoms with Gasteiger partial charge in [0, 0.05) is 31.3 Å². The molecule has 1 N–H and O–H groups in total. The van der Waals surface area contributed by atoms with Crippen molar-refractivity contribution in [3.8, 4) is 17.0 Å². The van der Waals surface area contributed by atoms with Gasteiger partial charge in [-0.2, -0.15) is 4.98 Å². The summed E-state index contributed by atoms with van der Waals surface area (Å²) in [5, 5.41) is 16.0. The molecule has 172 valence electrons. The van der Waals surface area contributed by atoms with E-state index in [4.69, 9.17) is 4.74 Å². The Morgan fingerprint density at radius 2 is 2.09 bits per heavy atom. The van der Waals surface area contributed by atoms with E-state index in [-0.39, 0.29) is 31.0 Å². The first-order valence-corrected chi connectivity index (χ1v) is 10.8. The smallest absolute Gasteiger partial charge is 0.244 e. The summed E-state index contributed by atoms with van der Waals surface area (Å²) >= 11 is 0. The van der Waals surface area contributed by atoms with Crippen LogP contribution in [-0.2, 0) is 4.79 Å². The van der Waals surface area contributed by atoms with E-state index in [1.165, 1.54) is 18.9 Å². The third-order valence-electron chi connectivity index (χ3n) is 5.95. The monoisotopic (exact) mass is 452 g/mol. The quantitative estimate of drug-likeness (QED) is 0.497. The van der Waals surface area contributed by atoms with E-state index >= 15 is 0 Å². The number of hydrogen-bond acceptors (Lipinski definition) is 7. The Hall–Kier alpha value is -3.76. The number of halogens is 1. The number of anilines is 1. The summed E-state index contributed by atoms with van der Waals surface area (Å²) in [6.45, 7) is 5.87. The Bertz CT molecular complexity index is 1350. The van der Waals surface area contributed by atoms with Gasteiger partial charge in [0.2, 0.25) is 17.7 Å². The maximum Gasteiger partial charge on any atom is 0.244 e. The van der Waals surface area contributed by atoms with Crippen LogP contribution in [0.4, 0.5) is 10.3 Å². The van der Waals surface area contributed by atoms with Gasteiger partial charge in [-0.25, -0.2) is 13.6 Å². The lowest BCUT2D eigenvalue weighted by molar-refractivity contribution is -0.128. The SMILES string of the molecule is COc1nc(N[C@@H]2CN(C(C)=O)C[C@@H]2F)nn2ccc(-c3ccc4nnn(C(C)C)c4c3)c12.